The number of benzene rings is 1. The topological polar surface area (TPSA) is 68.0 Å². The first-order valence-corrected chi connectivity index (χ1v) is 5.94. The molecule has 0 aliphatic heterocycles. The van der Waals surface area contributed by atoms with Gasteiger partial charge in [-0.3, -0.25) is 0 Å². The SMILES string of the molecule is O=C(O)C1(n2cc(-c3ccccc3)nn2)CCC1. The highest BCUT2D eigenvalue weighted by atomic mass is 16.4. The third-order valence-electron chi connectivity index (χ3n) is 3.58. The molecule has 5 heteroatoms. The quantitative estimate of drug-likeness (QED) is 0.894. The molecule has 3 rings (SSSR count). The van der Waals surface area contributed by atoms with Crippen molar-refractivity contribution >= 4 is 5.97 Å². The first-order chi connectivity index (χ1) is 8.72. The summed E-state index contributed by atoms with van der Waals surface area (Å²) in [6.07, 6.45) is 3.90. The molecule has 2 aromatic rings. The van der Waals surface area contributed by atoms with Crippen molar-refractivity contribution in [2.45, 2.75) is 24.8 Å². The maximum Gasteiger partial charge on any atom is 0.331 e. The molecule has 0 bridgehead atoms. The van der Waals surface area contributed by atoms with Crippen LogP contribution in [0.15, 0.2) is 36.5 Å². The summed E-state index contributed by atoms with van der Waals surface area (Å²) in [4.78, 5) is 11.4. The molecule has 1 aliphatic rings. The van der Waals surface area contributed by atoms with Gasteiger partial charge < -0.3 is 5.11 Å². The van der Waals surface area contributed by atoms with E-state index in [9.17, 15) is 9.90 Å². The van der Waals surface area contributed by atoms with Gasteiger partial charge in [0.15, 0.2) is 5.54 Å². The molecule has 1 N–H and O–H groups in total. The van der Waals surface area contributed by atoms with Gasteiger partial charge in [-0.1, -0.05) is 35.5 Å². The first kappa shape index (κ1) is 11.0. The normalized spacial score (nSPS) is 17.1. The lowest BCUT2D eigenvalue weighted by Gasteiger charge is -2.36. The Labute approximate surface area is 104 Å². The highest BCUT2D eigenvalue weighted by Crippen LogP contribution is 2.39. The van der Waals surface area contributed by atoms with Crippen LogP contribution in [0.2, 0.25) is 0 Å². The van der Waals surface area contributed by atoms with E-state index < -0.39 is 11.5 Å². The highest BCUT2D eigenvalue weighted by Gasteiger charge is 2.47. The fraction of sp³-hybridized carbons (Fsp3) is 0.308. The van der Waals surface area contributed by atoms with Crippen molar-refractivity contribution in [3.63, 3.8) is 0 Å². The van der Waals surface area contributed by atoms with Gasteiger partial charge in [-0.25, -0.2) is 9.48 Å². The van der Waals surface area contributed by atoms with Gasteiger partial charge in [-0.05, 0) is 19.3 Å². The monoisotopic (exact) mass is 243 g/mol. The Kier molecular flexibility index (Phi) is 2.40. The van der Waals surface area contributed by atoms with E-state index in [1.807, 2.05) is 30.3 Å². The minimum Gasteiger partial charge on any atom is -0.479 e. The van der Waals surface area contributed by atoms with Gasteiger partial charge in [0.25, 0.3) is 0 Å². The molecule has 1 saturated carbocycles. The van der Waals surface area contributed by atoms with Crippen molar-refractivity contribution in [2.24, 2.45) is 0 Å². The zero-order valence-electron chi connectivity index (χ0n) is 9.78. The molecular formula is C13H13N3O2. The fourth-order valence-corrected chi connectivity index (χ4v) is 2.27. The van der Waals surface area contributed by atoms with Crippen LogP contribution >= 0.6 is 0 Å². The van der Waals surface area contributed by atoms with Gasteiger partial charge >= 0.3 is 5.97 Å². The van der Waals surface area contributed by atoms with E-state index in [4.69, 9.17) is 0 Å². The van der Waals surface area contributed by atoms with E-state index in [1.54, 1.807) is 6.20 Å². The van der Waals surface area contributed by atoms with Gasteiger partial charge in [0.2, 0.25) is 0 Å². The number of carboxylic acids is 1. The predicted octanol–water partition coefficient (Wildman–Crippen LogP) is 1.91. The lowest BCUT2D eigenvalue weighted by atomic mass is 9.77. The minimum absolute atomic E-state index is 0.625. The molecule has 1 aromatic carbocycles. The van der Waals surface area contributed by atoms with Gasteiger partial charge in [-0.15, -0.1) is 5.10 Å². The predicted molar refractivity (Wildman–Crippen MR) is 64.9 cm³/mol. The molecule has 1 heterocycles. The molecule has 0 amide bonds. The molecule has 0 saturated heterocycles. The van der Waals surface area contributed by atoms with Crippen LogP contribution in [0.3, 0.4) is 0 Å². The zero-order chi connectivity index (χ0) is 12.6. The molecular weight excluding hydrogens is 230 g/mol. The second-order valence-electron chi connectivity index (χ2n) is 4.60. The molecule has 0 radical (unpaired) electrons. The van der Waals surface area contributed by atoms with E-state index in [-0.39, 0.29) is 0 Å². The van der Waals surface area contributed by atoms with Crippen molar-refractivity contribution in [2.75, 3.05) is 0 Å². The lowest BCUT2D eigenvalue weighted by Crippen LogP contribution is -2.48. The molecule has 1 fully saturated rings. The smallest absolute Gasteiger partial charge is 0.331 e. The summed E-state index contributed by atoms with van der Waals surface area (Å²) in [7, 11) is 0. The Morgan fingerprint density at radius 3 is 2.56 bits per heavy atom. The van der Waals surface area contributed by atoms with Crippen molar-refractivity contribution in [1.29, 1.82) is 0 Å². The van der Waals surface area contributed by atoms with Gasteiger partial charge in [0, 0.05) is 5.56 Å². The Balaban J connectivity index is 1.97. The number of aromatic nitrogens is 3. The first-order valence-electron chi connectivity index (χ1n) is 5.94. The van der Waals surface area contributed by atoms with E-state index in [1.165, 1.54) is 4.68 Å². The Hall–Kier alpha value is -2.17. The zero-order valence-corrected chi connectivity index (χ0v) is 9.78. The van der Waals surface area contributed by atoms with Crippen LogP contribution < -0.4 is 0 Å². The maximum absolute atomic E-state index is 11.4. The lowest BCUT2D eigenvalue weighted by molar-refractivity contribution is -0.153. The molecule has 92 valence electrons. The molecule has 1 aliphatic carbocycles. The van der Waals surface area contributed by atoms with E-state index in [0.29, 0.717) is 18.5 Å². The summed E-state index contributed by atoms with van der Waals surface area (Å²) in [5, 5.41) is 17.4. The maximum atomic E-state index is 11.4. The number of nitrogens with zero attached hydrogens (tertiary/aromatic N) is 3. The third-order valence-corrected chi connectivity index (χ3v) is 3.58. The van der Waals surface area contributed by atoms with Crippen LogP contribution in [0.5, 0.6) is 0 Å². The second-order valence-corrected chi connectivity index (χ2v) is 4.60. The average Bonchev–Trinajstić information content (AvgIpc) is 2.78. The van der Waals surface area contributed by atoms with Gasteiger partial charge in [0.05, 0.1) is 6.20 Å². The molecule has 0 unspecified atom stereocenters. The Morgan fingerprint density at radius 2 is 2.00 bits per heavy atom. The van der Waals surface area contributed by atoms with Crippen molar-refractivity contribution in [1.82, 2.24) is 15.0 Å². The molecule has 18 heavy (non-hydrogen) atoms. The van der Waals surface area contributed by atoms with Crippen LogP contribution in [0.4, 0.5) is 0 Å². The summed E-state index contributed by atoms with van der Waals surface area (Å²) in [5.74, 6) is -0.821. The van der Waals surface area contributed by atoms with Crippen LogP contribution in [0.25, 0.3) is 11.3 Å². The summed E-state index contributed by atoms with van der Waals surface area (Å²) < 4.78 is 1.50. The third kappa shape index (κ3) is 1.51. The highest BCUT2D eigenvalue weighted by molar-refractivity contribution is 5.78. The number of aliphatic carboxylic acids is 1. The number of rotatable bonds is 3. The van der Waals surface area contributed by atoms with E-state index in [2.05, 4.69) is 10.3 Å². The van der Waals surface area contributed by atoms with E-state index in [0.717, 1.165) is 12.0 Å². The Bertz CT molecular complexity index is 573. The number of carboxylic acid groups (broad SMARTS) is 1. The molecule has 1 aromatic heterocycles. The summed E-state index contributed by atoms with van der Waals surface area (Å²) in [6, 6.07) is 9.64. The largest absolute Gasteiger partial charge is 0.479 e. The molecule has 5 nitrogen and oxygen atoms in total. The van der Waals surface area contributed by atoms with Crippen molar-refractivity contribution < 1.29 is 9.90 Å². The molecule has 0 atom stereocenters. The fourth-order valence-electron chi connectivity index (χ4n) is 2.27. The second kappa shape index (κ2) is 3.94. The van der Waals surface area contributed by atoms with Crippen molar-refractivity contribution in [3.05, 3.63) is 36.5 Å². The van der Waals surface area contributed by atoms with Crippen molar-refractivity contribution in [3.8, 4) is 11.3 Å². The Morgan fingerprint density at radius 1 is 1.28 bits per heavy atom. The average molecular weight is 243 g/mol. The van der Waals surface area contributed by atoms with Crippen LogP contribution in [-0.2, 0) is 10.3 Å². The number of carbonyl (C=O) groups is 1. The summed E-state index contributed by atoms with van der Waals surface area (Å²) >= 11 is 0. The standard InChI is InChI=1S/C13H13N3O2/c17-12(18)13(7-4-8-13)16-9-11(14-15-16)10-5-2-1-3-6-10/h1-3,5-6,9H,4,7-8H2,(H,17,18). The van der Waals surface area contributed by atoms with Gasteiger partial charge in [-0.2, -0.15) is 0 Å². The van der Waals surface area contributed by atoms with Crippen LogP contribution in [-0.4, -0.2) is 26.1 Å². The number of hydrogen-bond acceptors (Lipinski definition) is 3. The minimum atomic E-state index is -0.875. The summed E-state index contributed by atoms with van der Waals surface area (Å²) in [6.45, 7) is 0. The van der Waals surface area contributed by atoms with Crippen LogP contribution in [0.1, 0.15) is 19.3 Å². The number of hydrogen-bond donors (Lipinski definition) is 1. The van der Waals surface area contributed by atoms with E-state index >= 15 is 0 Å². The summed E-state index contributed by atoms with van der Waals surface area (Å²) in [5.41, 5.74) is 0.784. The van der Waals surface area contributed by atoms with Gasteiger partial charge in [0.1, 0.15) is 5.69 Å². The van der Waals surface area contributed by atoms with Crippen LogP contribution in [0, 0.1) is 0 Å². The molecule has 0 spiro atoms.